The monoisotopic (exact) mass is 178 g/mol. The molecule has 0 amide bonds. The first kappa shape index (κ1) is 8.67. The van der Waals surface area contributed by atoms with Crippen LogP contribution in [0.1, 0.15) is 32.6 Å². The van der Waals surface area contributed by atoms with Gasteiger partial charge in [-0.15, -0.1) is 0 Å². The number of carbonyl (C=O) groups is 2. The lowest BCUT2D eigenvalue weighted by atomic mass is 9.63. The topological polar surface area (TPSA) is 34.1 Å². The van der Waals surface area contributed by atoms with Gasteiger partial charge in [0.25, 0.3) is 0 Å². The van der Waals surface area contributed by atoms with E-state index >= 15 is 0 Å². The summed E-state index contributed by atoms with van der Waals surface area (Å²) in [5.41, 5.74) is -0.327. The van der Waals surface area contributed by atoms with Crippen molar-refractivity contribution < 1.29 is 9.59 Å². The third kappa shape index (κ3) is 1.25. The molecule has 2 rings (SSSR count). The molecule has 0 bridgehead atoms. The molecule has 0 unspecified atom stereocenters. The second-order valence-corrected chi connectivity index (χ2v) is 4.30. The van der Waals surface area contributed by atoms with Gasteiger partial charge in [0.2, 0.25) is 0 Å². The van der Waals surface area contributed by atoms with E-state index < -0.39 is 0 Å². The molecule has 0 heterocycles. The van der Waals surface area contributed by atoms with Crippen molar-refractivity contribution >= 4 is 11.6 Å². The van der Waals surface area contributed by atoms with Gasteiger partial charge in [0.05, 0.1) is 0 Å². The van der Waals surface area contributed by atoms with Crippen molar-refractivity contribution in [3.05, 3.63) is 12.2 Å². The molecule has 1 saturated carbocycles. The van der Waals surface area contributed by atoms with Crippen molar-refractivity contribution in [2.24, 2.45) is 11.3 Å². The molecule has 13 heavy (non-hydrogen) atoms. The average molecular weight is 178 g/mol. The fraction of sp³-hybridized carbons (Fsp3) is 0.636. The molecule has 2 aliphatic carbocycles. The Morgan fingerprint density at radius 3 is 3.00 bits per heavy atom. The van der Waals surface area contributed by atoms with Crippen LogP contribution >= 0.6 is 0 Å². The van der Waals surface area contributed by atoms with E-state index in [4.69, 9.17) is 0 Å². The van der Waals surface area contributed by atoms with E-state index in [0.717, 1.165) is 12.8 Å². The number of fused-ring (bicyclic) bond motifs is 1. The molecule has 0 N–H and O–H groups in total. The molecule has 0 aromatic heterocycles. The van der Waals surface area contributed by atoms with Crippen molar-refractivity contribution in [3.63, 3.8) is 0 Å². The summed E-state index contributed by atoms with van der Waals surface area (Å²) in [6, 6.07) is 0. The minimum absolute atomic E-state index is 0.178. The zero-order chi connectivity index (χ0) is 9.47. The van der Waals surface area contributed by atoms with Gasteiger partial charge in [0.15, 0.2) is 5.78 Å². The van der Waals surface area contributed by atoms with Crippen molar-refractivity contribution in [1.82, 2.24) is 0 Å². The van der Waals surface area contributed by atoms with Gasteiger partial charge in [-0.1, -0.05) is 6.08 Å². The molecule has 0 saturated heterocycles. The minimum atomic E-state index is -0.327. The number of rotatable bonds is 0. The molecule has 0 radical (unpaired) electrons. The van der Waals surface area contributed by atoms with Crippen LogP contribution in [0, 0.1) is 11.3 Å². The molecule has 0 aliphatic heterocycles. The minimum Gasteiger partial charge on any atom is -0.299 e. The third-order valence-corrected chi connectivity index (χ3v) is 3.47. The second-order valence-electron chi connectivity index (χ2n) is 4.30. The van der Waals surface area contributed by atoms with Gasteiger partial charge in [-0.3, -0.25) is 9.59 Å². The van der Waals surface area contributed by atoms with Crippen molar-refractivity contribution in [1.29, 1.82) is 0 Å². The van der Waals surface area contributed by atoms with Crippen LogP contribution in [-0.4, -0.2) is 11.6 Å². The van der Waals surface area contributed by atoms with Gasteiger partial charge in [0, 0.05) is 18.3 Å². The van der Waals surface area contributed by atoms with Crippen molar-refractivity contribution in [3.8, 4) is 0 Å². The van der Waals surface area contributed by atoms with Crippen LogP contribution in [-0.2, 0) is 9.59 Å². The average Bonchev–Trinajstić information content (AvgIpc) is 2.09. The van der Waals surface area contributed by atoms with E-state index in [0.29, 0.717) is 18.6 Å². The fourth-order valence-corrected chi connectivity index (χ4v) is 2.43. The van der Waals surface area contributed by atoms with Gasteiger partial charge in [-0.05, 0) is 31.8 Å². The Labute approximate surface area is 78.0 Å². The SMILES string of the molecule is C[C@@]12C=CC(=O)C[C@H]1CCCC2=O. The number of hydrogen-bond acceptors (Lipinski definition) is 2. The summed E-state index contributed by atoms with van der Waals surface area (Å²) in [6.07, 6.45) is 6.65. The van der Waals surface area contributed by atoms with E-state index in [1.54, 1.807) is 6.08 Å². The Balaban J connectivity index is 2.35. The van der Waals surface area contributed by atoms with Crippen molar-refractivity contribution in [2.45, 2.75) is 32.6 Å². The third-order valence-electron chi connectivity index (χ3n) is 3.47. The predicted octanol–water partition coefficient (Wildman–Crippen LogP) is 1.89. The maximum Gasteiger partial charge on any atom is 0.155 e. The Bertz CT molecular complexity index is 290. The molecule has 2 heteroatoms. The Hall–Kier alpha value is -0.920. The number of carbonyl (C=O) groups excluding carboxylic acids is 2. The molecule has 2 atom stereocenters. The summed E-state index contributed by atoms with van der Waals surface area (Å²) in [5, 5.41) is 0. The van der Waals surface area contributed by atoms with Crippen LogP contribution < -0.4 is 0 Å². The summed E-state index contributed by atoms with van der Waals surface area (Å²) in [7, 11) is 0. The summed E-state index contributed by atoms with van der Waals surface area (Å²) in [5.74, 6) is 0.760. The first-order valence-corrected chi connectivity index (χ1v) is 4.88. The highest BCUT2D eigenvalue weighted by molar-refractivity contribution is 5.96. The summed E-state index contributed by atoms with van der Waals surface area (Å²) < 4.78 is 0. The molecule has 2 aliphatic rings. The lowest BCUT2D eigenvalue weighted by Crippen LogP contribution is -2.40. The molecule has 70 valence electrons. The normalized spacial score (nSPS) is 39.0. The lowest BCUT2D eigenvalue weighted by Gasteiger charge is -2.39. The van der Waals surface area contributed by atoms with Gasteiger partial charge in [-0.25, -0.2) is 0 Å². The maximum atomic E-state index is 11.7. The van der Waals surface area contributed by atoms with Gasteiger partial charge in [0.1, 0.15) is 5.78 Å². The molecule has 0 aromatic rings. The standard InChI is InChI=1S/C11H14O2/c1-11-6-5-9(12)7-8(11)3-2-4-10(11)13/h5-6,8H,2-4,7H2,1H3/t8-,11-/m1/s1. The van der Waals surface area contributed by atoms with E-state index in [-0.39, 0.29) is 17.1 Å². The first-order chi connectivity index (χ1) is 6.13. The van der Waals surface area contributed by atoms with Crippen LogP contribution in [0.5, 0.6) is 0 Å². The lowest BCUT2D eigenvalue weighted by molar-refractivity contribution is -0.132. The maximum absolute atomic E-state index is 11.7. The quantitative estimate of drug-likeness (QED) is 0.567. The molecule has 2 nitrogen and oxygen atoms in total. The molecule has 1 fully saturated rings. The largest absolute Gasteiger partial charge is 0.299 e. The highest BCUT2D eigenvalue weighted by Gasteiger charge is 2.43. The van der Waals surface area contributed by atoms with Crippen LogP contribution in [0.15, 0.2) is 12.2 Å². The summed E-state index contributed by atoms with van der Waals surface area (Å²) in [6.45, 7) is 1.97. The fourth-order valence-electron chi connectivity index (χ4n) is 2.43. The van der Waals surface area contributed by atoms with E-state index in [2.05, 4.69) is 0 Å². The van der Waals surface area contributed by atoms with Crippen LogP contribution in [0.4, 0.5) is 0 Å². The molecule has 0 aromatic carbocycles. The molecular weight excluding hydrogens is 164 g/mol. The van der Waals surface area contributed by atoms with Crippen molar-refractivity contribution in [2.75, 3.05) is 0 Å². The Morgan fingerprint density at radius 1 is 1.46 bits per heavy atom. The Kier molecular flexibility index (Phi) is 1.86. The summed E-state index contributed by atoms with van der Waals surface area (Å²) in [4.78, 5) is 22.9. The van der Waals surface area contributed by atoms with E-state index in [1.807, 2.05) is 13.0 Å². The second kappa shape index (κ2) is 2.79. The van der Waals surface area contributed by atoms with Gasteiger partial charge < -0.3 is 0 Å². The zero-order valence-corrected chi connectivity index (χ0v) is 7.88. The Morgan fingerprint density at radius 2 is 2.23 bits per heavy atom. The zero-order valence-electron chi connectivity index (χ0n) is 7.88. The number of hydrogen-bond donors (Lipinski definition) is 0. The highest BCUT2D eigenvalue weighted by atomic mass is 16.1. The number of allylic oxidation sites excluding steroid dienone is 2. The van der Waals surface area contributed by atoms with Crippen LogP contribution in [0.3, 0.4) is 0 Å². The van der Waals surface area contributed by atoms with Gasteiger partial charge in [-0.2, -0.15) is 0 Å². The number of ketones is 2. The predicted molar refractivity (Wildman–Crippen MR) is 49.2 cm³/mol. The van der Waals surface area contributed by atoms with Crippen LogP contribution in [0.2, 0.25) is 0 Å². The molecular formula is C11H14O2. The smallest absolute Gasteiger partial charge is 0.155 e. The number of Topliss-reactive ketones (excluding diaryl/α,β-unsaturated/α-hetero) is 1. The van der Waals surface area contributed by atoms with E-state index in [9.17, 15) is 9.59 Å². The highest BCUT2D eigenvalue weighted by Crippen LogP contribution is 2.43. The van der Waals surface area contributed by atoms with Crippen LogP contribution in [0.25, 0.3) is 0 Å². The van der Waals surface area contributed by atoms with E-state index in [1.165, 1.54) is 0 Å². The van der Waals surface area contributed by atoms with Gasteiger partial charge >= 0.3 is 0 Å². The summed E-state index contributed by atoms with van der Waals surface area (Å²) >= 11 is 0. The first-order valence-electron chi connectivity index (χ1n) is 4.88. The molecule has 0 spiro atoms.